The second kappa shape index (κ2) is 14.1. The van der Waals surface area contributed by atoms with Crippen molar-refractivity contribution in [3.05, 3.63) is 72.4 Å². The molecule has 1 aliphatic rings. The second-order valence-electron chi connectivity index (χ2n) is 9.25. The Hall–Kier alpha value is -4.48. The molecule has 210 valence electrons. The Morgan fingerprint density at radius 2 is 1.88 bits per heavy atom. The number of nitrogens with two attached hydrogens (primary N) is 1. The van der Waals surface area contributed by atoms with Gasteiger partial charge in [-0.25, -0.2) is 4.98 Å². The fourth-order valence-electron chi connectivity index (χ4n) is 4.33. The number of amides is 2. The first kappa shape index (κ1) is 28.5. The molecule has 0 aliphatic carbocycles. The molecule has 11 heteroatoms. The minimum absolute atomic E-state index is 0.0924. The van der Waals surface area contributed by atoms with E-state index in [1.165, 1.54) is 17.8 Å². The number of para-hydroxylation sites is 2. The van der Waals surface area contributed by atoms with Crippen LogP contribution in [0.4, 0.5) is 28.8 Å². The smallest absolute Gasteiger partial charge is 0.254 e. The molecule has 2 heterocycles. The van der Waals surface area contributed by atoms with Gasteiger partial charge in [-0.2, -0.15) is 4.98 Å². The summed E-state index contributed by atoms with van der Waals surface area (Å²) in [6.07, 6.45) is 5.66. The summed E-state index contributed by atoms with van der Waals surface area (Å²) in [5.41, 5.74) is 8.52. The zero-order valence-corrected chi connectivity index (χ0v) is 22.6. The monoisotopic (exact) mass is 545 g/mol. The van der Waals surface area contributed by atoms with E-state index in [0.29, 0.717) is 22.8 Å². The largest absolute Gasteiger partial charge is 0.495 e. The Bertz CT molecular complexity index is 1340. The molecule has 0 unspecified atom stereocenters. The Morgan fingerprint density at radius 3 is 2.60 bits per heavy atom. The number of morpholine rings is 1. The molecule has 4 rings (SSSR count). The summed E-state index contributed by atoms with van der Waals surface area (Å²) < 4.78 is 11.0. The molecule has 2 aromatic carbocycles. The zero-order chi connectivity index (χ0) is 28.3. The number of rotatable bonds is 13. The van der Waals surface area contributed by atoms with E-state index in [1.807, 2.05) is 12.1 Å². The molecule has 0 bridgehead atoms. The van der Waals surface area contributed by atoms with E-state index in [9.17, 15) is 9.59 Å². The van der Waals surface area contributed by atoms with E-state index in [1.54, 1.807) is 31.4 Å². The van der Waals surface area contributed by atoms with Gasteiger partial charge in [0, 0.05) is 19.3 Å². The van der Waals surface area contributed by atoms with Gasteiger partial charge in [0.1, 0.15) is 17.1 Å². The number of carbonyl (C=O) groups excluding carboxylic acids is 2. The summed E-state index contributed by atoms with van der Waals surface area (Å²) in [6.45, 7) is 8.21. The summed E-state index contributed by atoms with van der Waals surface area (Å²) in [4.78, 5) is 35.2. The van der Waals surface area contributed by atoms with Crippen LogP contribution in [0.3, 0.4) is 0 Å². The molecule has 1 aliphatic heterocycles. The van der Waals surface area contributed by atoms with Crippen molar-refractivity contribution in [2.75, 3.05) is 55.9 Å². The molecule has 1 fully saturated rings. The lowest BCUT2D eigenvalue weighted by atomic mass is 10.1. The van der Waals surface area contributed by atoms with Crippen LogP contribution < -0.4 is 26.4 Å². The number of aryl methyl sites for hydroxylation is 1. The number of carbonyl (C=O) groups is 2. The first-order valence-electron chi connectivity index (χ1n) is 13.2. The number of anilines is 5. The van der Waals surface area contributed by atoms with Gasteiger partial charge in [0.05, 0.1) is 37.4 Å². The summed E-state index contributed by atoms with van der Waals surface area (Å²) in [5.74, 6) is -0.00245. The van der Waals surface area contributed by atoms with Crippen LogP contribution in [0, 0.1) is 0 Å². The zero-order valence-electron chi connectivity index (χ0n) is 22.6. The van der Waals surface area contributed by atoms with Crippen LogP contribution in [-0.2, 0) is 16.0 Å². The normalized spacial score (nSPS) is 13.3. The molecule has 0 radical (unpaired) electrons. The van der Waals surface area contributed by atoms with Crippen LogP contribution in [0.25, 0.3) is 0 Å². The number of hydrogen-bond donors (Lipinski definition) is 4. The molecule has 0 atom stereocenters. The molecule has 40 heavy (non-hydrogen) atoms. The van der Waals surface area contributed by atoms with Crippen LogP contribution >= 0.6 is 0 Å². The second-order valence-corrected chi connectivity index (χ2v) is 9.25. The lowest BCUT2D eigenvalue weighted by molar-refractivity contribution is -0.111. The van der Waals surface area contributed by atoms with Crippen LogP contribution in [0.1, 0.15) is 28.8 Å². The molecule has 1 aromatic heterocycles. The summed E-state index contributed by atoms with van der Waals surface area (Å²) in [5, 5.41) is 8.97. The highest BCUT2D eigenvalue weighted by atomic mass is 16.5. The van der Waals surface area contributed by atoms with Gasteiger partial charge in [-0.1, -0.05) is 24.8 Å². The minimum Gasteiger partial charge on any atom is -0.495 e. The molecule has 2 amide bonds. The van der Waals surface area contributed by atoms with Crippen molar-refractivity contribution in [3.63, 3.8) is 0 Å². The number of aromatic nitrogens is 2. The topological polar surface area (TPSA) is 144 Å². The van der Waals surface area contributed by atoms with Crippen LogP contribution in [0.2, 0.25) is 0 Å². The van der Waals surface area contributed by atoms with Crippen molar-refractivity contribution in [1.82, 2.24) is 14.9 Å². The van der Waals surface area contributed by atoms with Crippen LogP contribution in [0.15, 0.2) is 61.3 Å². The molecule has 5 N–H and O–H groups in total. The third-order valence-electron chi connectivity index (χ3n) is 6.48. The predicted molar refractivity (Wildman–Crippen MR) is 156 cm³/mol. The van der Waals surface area contributed by atoms with Crippen LogP contribution in [-0.4, -0.2) is 66.6 Å². The summed E-state index contributed by atoms with van der Waals surface area (Å²) in [7, 11) is 1.61. The Morgan fingerprint density at radius 1 is 1.10 bits per heavy atom. The Labute approximate surface area is 233 Å². The number of ether oxygens (including phenoxy) is 2. The average molecular weight is 546 g/mol. The number of nitrogens with zero attached hydrogens (tertiary/aromatic N) is 3. The fraction of sp³-hybridized carbons (Fsp3) is 0.310. The first-order valence-corrected chi connectivity index (χ1v) is 13.2. The lowest BCUT2D eigenvalue weighted by Gasteiger charge is -2.26. The van der Waals surface area contributed by atoms with E-state index in [2.05, 4.69) is 43.5 Å². The van der Waals surface area contributed by atoms with Crippen molar-refractivity contribution >= 4 is 40.6 Å². The average Bonchev–Trinajstić information content (AvgIpc) is 2.97. The van der Waals surface area contributed by atoms with Crippen molar-refractivity contribution in [2.24, 2.45) is 5.73 Å². The van der Waals surface area contributed by atoms with E-state index in [0.717, 1.165) is 52.1 Å². The molecule has 1 saturated heterocycles. The minimum atomic E-state index is -0.697. The highest BCUT2D eigenvalue weighted by Crippen LogP contribution is 2.30. The van der Waals surface area contributed by atoms with E-state index < -0.39 is 5.91 Å². The van der Waals surface area contributed by atoms with Crippen molar-refractivity contribution in [3.8, 4) is 5.75 Å². The third kappa shape index (κ3) is 7.78. The predicted octanol–water partition coefficient (Wildman–Crippen LogP) is 3.85. The van der Waals surface area contributed by atoms with Gasteiger partial charge in [-0.3, -0.25) is 14.5 Å². The highest BCUT2D eigenvalue weighted by Gasteiger charge is 2.16. The molecule has 3 aromatic rings. The van der Waals surface area contributed by atoms with Gasteiger partial charge < -0.3 is 31.2 Å². The number of unbranched alkanes of at least 4 members (excludes halogenated alkanes) is 1. The quantitative estimate of drug-likeness (QED) is 0.186. The maximum atomic E-state index is 12.1. The fourth-order valence-corrected chi connectivity index (χ4v) is 4.33. The van der Waals surface area contributed by atoms with Crippen molar-refractivity contribution < 1.29 is 19.1 Å². The van der Waals surface area contributed by atoms with E-state index in [4.69, 9.17) is 15.2 Å². The molecular formula is C29H35N7O4. The highest BCUT2D eigenvalue weighted by molar-refractivity contribution is 6.02. The Kier molecular flexibility index (Phi) is 10.0. The number of nitrogens with one attached hydrogen (secondary N) is 3. The molecule has 0 saturated carbocycles. The summed E-state index contributed by atoms with van der Waals surface area (Å²) >= 11 is 0. The number of primary amides is 1. The molecule has 0 spiro atoms. The SMILES string of the molecule is C=CC(=O)Nc1ccccc1Nc1nc(Nc2ccc(CCCCN3CCOCC3)cc2OC)ncc1C(N)=O. The number of benzene rings is 2. The molecular weight excluding hydrogens is 510 g/mol. The lowest BCUT2D eigenvalue weighted by Crippen LogP contribution is -2.36. The van der Waals surface area contributed by atoms with Crippen molar-refractivity contribution in [1.29, 1.82) is 0 Å². The Balaban J connectivity index is 1.46. The van der Waals surface area contributed by atoms with Gasteiger partial charge >= 0.3 is 0 Å². The van der Waals surface area contributed by atoms with Gasteiger partial charge in [-0.05, 0) is 61.7 Å². The standard InChI is InChI=1S/C29H35N7O4/c1-3-26(37)32-22-9-4-5-10-23(22)33-28-21(27(30)38)19-31-29(35-28)34-24-12-11-20(18-25(24)39-2)8-6-7-13-36-14-16-40-17-15-36/h3-5,9-12,18-19H,1,6-8,13-17H2,2H3,(H2,30,38)(H,32,37)(H2,31,33,34,35). The van der Waals surface area contributed by atoms with Gasteiger partial charge in [0.25, 0.3) is 5.91 Å². The number of hydrogen-bond acceptors (Lipinski definition) is 9. The van der Waals surface area contributed by atoms with E-state index >= 15 is 0 Å². The van der Waals surface area contributed by atoms with Gasteiger partial charge in [0.15, 0.2) is 0 Å². The number of methoxy groups -OCH3 is 1. The van der Waals surface area contributed by atoms with E-state index in [-0.39, 0.29) is 23.2 Å². The molecule has 11 nitrogen and oxygen atoms in total. The maximum Gasteiger partial charge on any atom is 0.254 e. The van der Waals surface area contributed by atoms with Gasteiger partial charge in [0.2, 0.25) is 11.9 Å². The maximum absolute atomic E-state index is 12.1. The summed E-state index contributed by atoms with van der Waals surface area (Å²) in [6, 6.07) is 13.0. The van der Waals surface area contributed by atoms with Gasteiger partial charge in [-0.15, -0.1) is 0 Å². The third-order valence-corrected chi connectivity index (χ3v) is 6.48. The first-order chi connectivity index (χ1) is 19.5. The van der Waals surface area contributed by atoms with Crippen molar-refractivity contribution in [2.45, 2.75) is 19.3 Å². The van der Waals surface area contributed by atoms with Crippen LogP contribution in [0.5, 0.6) is 5.75 Å².